The zero-order valence-electron chi connectivity index (χ0n) is 13.9. The Morgan fingerprint density at radius 3 is 2.62 bits per heavy atom. The second kappa shape index (κ2) is 6.51. The molecule has 1 aromatic carbocycles. The van der Waals surface area contributed by atoms with E-state index in [4.69, 9.17) is 0 Å². The van der Waals surface area contributed by atoms with Gasteiger partial charge < -0.3 is 15.7 Å². The lowest BCUT2D eigenvalue weighted by atomic mass is 9.91. The quantitative estimate of drug-likeness (QED) is 0.735. The summed E-state index contributed by atoms with van der Waals surface area (Å²) in [5.74, 6) is 0.813. The summed E-state index contributed by atoms with van der Waals surface area (Å²) in [6, 6.07) is 7.51. The Kier molecular flexibility index (Phi) is 4.58. The van der Waals surface area contributed by atoms with E-state index in [9.17, 15) is 14.7 Å². The molecule has 0 saturated carbocycles. The fourth-order valence-corrected chi connectivity index (χ4v) is 4.47. The zero-order valence-corrected chi connectivity index (χ0v) is 14.7. The highest BCUT2D eigenvalue weighted by Gasteiger charge is 2.48. The number of hydrogen-bond donors (Lipinski definition) is 3. The van der Waals surface area contributed by atoms with Crippen LogP contribution in [-0.4, -0.2) is 34.0 Å². The molecule has 3 rings (SSSR count). The first-order valence-electron chi connectivity index (χ1n) is 8.19. The molecule has 1 aromatic rings. The fourth-order valence-electron chi connectivity index (χ4n) is 3.28. The minimum atomic E-state index is -0.757. The number of amides is 2. The maximum Gasteiger partial charge on any atom is 0.264 e. The number of aliphatic hydroxyl groups excluding tert-OH is 1. The Balaban J connectivity index is 1.88. The molecule has 24 heavy (non-hydrogen) atoms. The SMILES string of the molecule is CC(C)c1ccccc1NC(=O)C1=C(O)C2(CCSCC2)NC1=O. The van der Waals surface area contributed by atoms with Crippen LogP contribution in [0.3, 0.4) is 0 Å². The number of thioether (sulfide) groups is 1. The van der Waals surface area contributed by atoms with Gasteiger partial charge in [-0.2, -0.15) is 11.8 Å². The lowest BCUT2D eigenvalue weighted by Gasteiger charge is -2.32. The van der Waals surface area contributed by atoms with Crippen LogP contribution in [0, 0.1) is 0 Å². The van der Waals surface area contributed by atoms with E-state index >= 15 is 0 Å². The van der Waals surface area contributed by atoms with Gasteiger partial charge in [0, 0.05) is 5.69 Å². The molecule has 0 bridgehead atoms. The molecule has 1 fully saturated rings. The van der Waals surface area contributed by atoms with Crippen molar-refractivity contribution in [3.05, 3.63) is 41.2 Å². The van der Waals surface area contributed by atoms with E-state index in [1.54, 1.807) is 11.8 Å². The molecule has 0 radical (unpaired) electrons. The maximum atomic E-state index is 12.6. The van der Waals surface area contributed by atoms with Gasteiger partial charge in [0.15, 0.2) is 0 Å². The Hall–Kier alpha value is -1.95. The molecule has 3 N–H and O–H groups in total. The van der Waals surface area contributed by atoms with Gasteiger partial charge in [-0.1, -0.05) is 32.0 Å². The summed E-state index contributed by atoms with van der Waals surface area (Å²) in [7, 11) is 0. The van der Waals surface area contributed by atoms with E-state index in [1.165, 1.54) is 0 Å². The van der Waals surface area contributed by atoms with E-state index in [-0.39, 0.29) is 17.3 Å². The van der Waals surface area contributed by atoms with Gasteiger partial charge in [0.1, 0.15) is 11.3 Å². The van der Waals surface area contributed by atoms with Gasteiger partial charge in [-0.15, -0.1) is 0 Å². The summed E-state index contributed by atoms with van der Waals surface area (Å²) in [6.07, 6.45) is 1.29. The van der Waals surface area contributed by atoms with Crippen LogP contribution in [0.15, 0.2) is 35.6 Å². The summed E-state index contributed by atoms with van der Waals surface area (Å²) in [5, 5.41) is 16.2. The van der Waals surface area contributed by atoms with Gasteiger partial charge in [-0.05, 0) is 41.9 Å². The van der Waals surface area contributed by atoms with E-state index in [1.807, 2.05) is 38.1 Å². The summed E-state index contributed by atoms with van der Waals surface area (Å²) in [5.41, 5.74) is 0.756. The average molecular weight is 346 g/mol. The zero-order chi connectivity index (χ0) is 17.3. The number of nitrogens with one attached hydrogen (secondary N) is 2. The molecule has 2 aliphatic rings. The molecular formula is C18H22N2O3S. The summed E-state index contributed by atoms with van der Waals surface area (Å²) in [4.78, 5) is 25.0. The number of carbonyl (C=O) groups excluding carboxylic acids is 2. The van der Waals surface area contributed by atoms with Crippen molar-refractivity contribution in [2.45, 2.75) is 38.1 Å². The second-order valence-electron chi connectivity index (χ2n) is 6.57. The number of benzene rings is 1. The van der Waals surface area contributed by atoms with Crippen LogP contribution in [0.2, 0.25) is 0 Å². The Morgan fingerprint density at radius 2 is 1.96 bits per heavy atom. The molecule has 1 spiro atoms. The Bertz CT molecular complexity index is 706. The van der Waals surface area contributed by atoms with Crippen molar-refractivity contribution in [2.24, 2.45) is 0 Å². The number of rotatable bonds is 3. The highest BCUT2D eigenvalue weighted by Crippen LogP contribution is 2.37. The first-order chi connectivity index (χ1) is 11.4. The third-order valence-corrected chi connectivity index (χ3v) is 5.66. The van der Waals surface area contributed by atoms with Crippen LogP contribution in [0.4, 0.5) is 5.69 Å². The molecule has 2 aliphatic heterocycles. The summed E-state index contributed by atoms with van der Waals surface area (Å²) < 4.78 is 0. The van der Waals surface area contributed by atoms with Crippen molar-refractivity contribution in [2.75, 3.05) is 16.8 Å². The summed E-state index contributed by atoms with van der Waals surface area (Å²) in [6.45, 7) is 4.08. The molecule has 0 unspecified atom stereocenters. The van der Waals surface area contributed by atoms with Crippen molar-refractivity contribution in [1.82, 2.24) is 5.32 Å². The first kappa shape index (κ1) is 16.9. The molecule has 5 nitrogen and oxygen atoms in total. The average Bonchev–Trinajstić information content (AvgIpc) is 2.78. The number of carbonyl (C=O) groups is 2. The molecule has 6 heteroatoms. The molecule has 0 aromatic heterocycles. The monoisotopic (exact) mass is 346 g/mol. The molecule has 2 amide bonds. The van der Waals surface area contributed by atoms with Gasteiger partial charge in [-0.3, -0.25) is 9.59 Å². The lowest BCUT2D eigenvalue weighted by molar-refractivity contribution is -0.121. The molecule has 1 saturated heterocycles. The standard InChI is InChI=1S/C18H22N2O3S/c1-11(2)12-5-3-4-6-13(12)19-16(22)14-15(21)18(20-17(14)23)7-9-24-10-8-18/h3-6,11,21H,7-10H2,1-2H3,(H,19,22)(H,20,23). The van der Waals surface area contributed by atoms with Crippen LogP contribution >= 0.6 is 11.8 Å². The number of hydrogen-bond acceptors (Lipinski definition) is 4. The van der Waals surface area contributed by atoms with Gasteiger partial charge in [0.05, 0.1) is 5.54 Å². The third-order valence-electron chi connectivity index (χ3n) is 4.67. The van der Waals surface area contributed by atoms with Gasteiger partial charge in [0.25, 0.3) is 11.8 Å². The molecule has 2 heterocycles. The fraction of sp³-hybridized carbons (Fsp3) is 0.444. The highest BCUT2D eigenvalue weighted by atomic mass is 32.2. The molecule has 0 aliphatic carbocycles. The van der Waals surface area contributed by atoms with Crippen LogP contribution < -0.4 is 10.6 Å². The molecule has 0 atom stereocenters. The predicted molar refractivity (Wildman–Crippen MR) is 96.2 cm³/mol. The van der Waals surface area contributed by atoms with Crippen LogP contribution in [0.5, 0.6) is 0 Å². The number of anilines is 1. The van der Waals surface area contributed by atoms with Crippen LogP contribution in [-0.2, 0) is 9.59 Å². The summed E-state index contributed by atoms with van der Waals surface area (Å²) >= 11 is 1.79. The van der Waals surface area contributed by atoms with E-state index in [2.05, 4.69) is 10.6 Å². The van der Waals surface area contributed by atoms with E-state index < -0.39 is 17.4 Å². The highest BCUT2D eigenvalue weighted by molar-refractivity contribution is 7.99. The van der Waals surface area contributed by atoms with E-state index in [0.717, 1.165) is 17.1 Å². The molecule has 128 valence electrons. The Morgan fingerprint density at radius 1 is 1.29 bits per heavy atom. The smallest absolute Gasteiger partial charge is 0.264 e. The van der Waals surface area contributed by atoms with Gasteiger partial charge in [0.2, 0.25) is 0 Å². The minimum absolute atomic E-state index is 0.104. The Labute approximate surface area is 145 Å². The maximum absolute atomic E-state index is 12.6. The largest absolute Gasteiger partial charge is 0.509 e. The van der Waals surface area contributed by atoms with Crippen molar-refractivity contribution in [3.63, 3.8) is 0 Å². The number of para-hydroxylation sites is 1. The predicted octanol–water partition coefficient (Wildman–Crippen LogP) is 2.96. The first-order valence-corrected chi connectivity index (χ1v) is 9.34. The topological polar surface area (TPSA) is 78.4 Å². The lowest BCUT2D eigenvalue weighted by Crippen LogP contribution is -2.47. The van der Waals surface area contributed by atoms with Crippen molar-refractivity contribution < 1.29 is 14.7 Å². The van der Waals surface area contributed by atoms with Gasteiger partial charge in [-0.25, -0.2) is 0 Å². The minimum Gasteiger partial charge on any atom is -0.509 e. The van der Waals surface area contributed by atoms with Crippen molar-refractivity contribution in [1.29, 1.82) is 0 Å². The van der Waals surface area contributed by atoms with Gasteiger partial charge >= 0.3 is 0 Å². The van der Waals surface area contributed by atoms with Crippen molar-refractivity contribution >= 4 is 29.3 Å². The molecular weight excluding hydrogens is 324 g/mol. The second-order valence-corrected chi connectivity index (χ2v) is 7.79. The third kappa shape index (κ3) is 2.90. The normalized spacial score (nSPS) is 19.7. The van der Waals surface area contributed by atoms with Crippen LogP contribution in [0.25, 0.3) is 0 Å². The van der Waals surface area contributed by atoms with Crippen molar-refractivity contribution in [3.8, 4) is 0 Å². The number of aliphatic hydroxyl groups is 1. The van der Waals surface area contributed by atoms with Crippen LogP contribution in [0.1, 0.15) is 38.2 Å². The van der Waals surface area contributed by atoms with E-state index in [0.29, 0.717) is 18.5 Å².